The smallest absolute Gasteiger partial charge is 0.227 e. The number of amides is 1. The van der Waals surface area contributed by atoms with Crippen molar-refractivity contribution in [2.75, 3.05) is 26.7 Å². The molecule has 1 amide bonds. The molecule has 3 unspecified atom stereocenters. The van der Waals surface area contributed by atoms with Crippen molar-refractivity contribution in [3.8, 4) is 0 Å². The fraction of sp³-hybridized carbons (Fsp3) is 0.929. The summed E-state index contributed by atoms with van der Waals surface area (Å²) in [5.41, 5.74) is -0.154. The minimum absolute atomic E-state index is 0.151. The van der Waals surface area contributed by atoms with Crippen molar-refractivity contribution in [1.82, 2.24) is 10.2 Å². The van der Waals surface area contributed by atoms with Crippen molar-refractivity contribution in [3.05, 3.63) is 0 Å². The van der Waals surface area contributed by atoms with Crippen molar-refractivity contribution in [2.24, 2.45) is 5.92 Å². The number of nitrogens with zero attached hydrogens (tertiary/aromatic N) is 1. The lowest BCUT2D eigenvalue weighted by molar-refractivity contribution is -0.145. The van der Waals surface area contributed by atoms with Gasteiger partial charge in [0.1, 0.15) is 0 Å². The number of rotatable bonds is 2. The van der Waals surface area contributed by atoms with E-state index < -0.39 is 0 Å². The molecule has 0 spiro atoms. The van der Waals surface area contributed by atoms with Gasteiger partial charge < -0.3 is 15.0 Å². The van der Waals surface area contributed by atoms with Gasteiger partial charge >= 0.3 is 0 Å². The molecule has 0 bridgehead atoms. The highest BCUT2D eigenvalue weighted by molar-refractivity contribution is 5.79. The number of methoxy groups -OCH3 is 1. The SMILES string of the molecule is COC1(C)CCCN(C(=O)C2CCCNC2C)C1. The van der Waals surface area contributed by atoms with Crippen LogP contribution in [0.2, 0.25) is 0 Å². The Morgan fingerprint density at radius 3 is 2.89 bits per heavy atom. The van der Waals surface area contributed by atoms with Crippen LogP contribution in [0.25, 0.3) is 0 Å². The number of hydrogen-bond acceptors (Lipinski definition) is 3. The molecule has 2 heterocycles. The molecule has 4 nitrogen and oxygen atoms in total. The highest BCUT2D eigenvalue weighted by Gasteiger charge is 2.37. The third-order valence-electron chi connectivity index (χ3n) is 4.54. The number of hydrogen-bond donors (Lipinski definition) is 1. The minimum atomic E-state index is -0.154. The summed E-state index contributed by atoms with van der Waals surface area (Å²) < 4.78 is 5.56. The number of piperidine rings is 2. The normalized spacial score (nSPS) is 37.6. The molecule has 2 saturated heterocycles. The molecule has 0 aliphatic carbocycles. The monoisotopic (exact) mass is 254 g/mol. The third kappa shape index (κ3) is 2.86. The summed E-state index contributed by atoms with van der Waals surface area (Å²) in [6.07, 6.45) is 4.22. The van der Waals surface area contributed by atoms with Crippen LogP contribution < -0.4 is 5.32 Å². The summed E-state index contributed by atoms with van der Waals surface area (Å²) in [4.78, 5) is 14.6. The zero-order valence-electron chi connectivity index (χ0n) is 11.9. The summed E-state index contributed by atoms with van der Waals surface area (Å²) in [5, 5.41) is 3.41. The second-order valence-corrected chi connectivity index (χ2v) is 6.01. The Balaban J connectivity index is 1.99. The topological polar surface area (TPSA) is 41.6 Å². The quantitative estimate of drug-likeness (QED) is 0.810. The predicted octanol–water partition coefficient (Wildman–Crippen LogP) is 1.40. The van der Waals surface area contributed by atoms with Gasteiger partial charge in [0.05, 0.1) is 11.5 Å². The summed E-state index contributed by atoms with van der Waals surface area (Å²) in [5.74, 6) is 0.468. The Bertz CT molecular complexity index is 308. The first-order valence-corrected chi connectivity index (χ1v) is 7.13. The second-order valence-electron chi connectivity index (χ2n) is 6.01. The molecule has 0 aromatic carbocycles. The van der Waals surface area contributed by atoms with E-state index in [9.17, 15) is 4.79 Å². The van der Waals surface area contributed by atoms with E-state index in [1.54, 1.807) is 7.11 Å². The lowest BCUT2D eigenvalue weighted by atomic mass is 9.88. The highest BCUT2D eigenvalue weighted by Crippen LogP contribution is 2.27. The van der Waals surface area contributed by atoms with Crippen LogP contribution in [-0.2, 0) is 9.53 Å². The molecule has 18 heavy (non-hydrogen) atoms. The van der Waals surface area contributed by atoms with E-state index >= 15 is 0 Å². The first-order valence-electron chi connectivity index (χ1n) is 7.13. The number of likely N-dealkylation sites (tertiary alicyclic amines) is 1. The van der Waals surface area contributed by atoms with E-state index in [2.05, 4.69) is 19.2 Å². The molecule has 0 aromatic rings. The minimum Gasteiger partial charge on any atom is -0.377 e. The van der Waals surface area contributed by atoms with Gasteiger partial charge in [-0.25, -0.2) is 0 Å². The summed E-state index contributed by atoms with van der Waals surface area (Å²) in [7, 11) is 1.75. The Hall–Kier alpha value is -0.610. The maximum atomic E-state index is 12.6. The van der Waals surface area contributed by atoms with E-state index in [4.69, 9.17) is 4.74 Å². The summed E-state index contributed by atoms with van der Waals surface area (Å²) >= 11 is 0. The average Bonchev–Trinajstić information content (AvgIpc) is 2.39. The highest BCUT2D eigenvalue weighted by atomic mass is 16.5. The molecule has 2 aliphatic heterocycles. The predicted molar refractivity (Wildman–Crippen MR) is 71.4 cm³/mol. The molecule has 0 saturated carbocycles. The van der Waals surface area contributed by atoms with E-state index in [1.165, 1.54) is 0 Å². The van der Waals surface area contributed by atoms with E-state index in [1.807, 2.05) is 4.90 Å². The van der Waals surface area contributed by atoms with Gasteiger partial charge in [0.2, 0.25) is 5.91 Å². The molecule has 1 N–H and O–H groups in total. The van der Waals surface area contributed by atoms with Crippen molar-refractivity contribution in [1.29, 1.82) is 0 Å². The van der Waals surface area contributed by atoms with Gasteiger partial charge in [-0.1, -0.05) is 0 Å². The Kier molecular flexibility index (Phi) is 4.28. The zero-order valence-corrected chi connectivity index (χ0v) is 11.9. The Labute approximate surface area is 110 Å². The lowest BCUT2D eigenvalue weighted by Crippen LogP contribution is -2.54. The fourth-order valence-corrected chi connectivity index (χ4v) is 3.18. The summed E-state index contributed by atoms with van der Waals surface area (Å²) in [6.45, 7) is 6.91. The molecule has 4 heteroatoms. The molecular weight excluding hydrogens is 228 g/mol. The number of ether oxygens (including phenoxy) is 1. The Morgan fingerprint density at radius 2 is 2.22 bits per heavy atom. The molecule has 104 valence electrons. The lowest BCUT2D eigenvalue weighted by Gasteiger charge is -2.42. The average molecular weight is 254 g/mol. The molecule has 2 rings (SSSR count). The van der Waals surface area contributed by atoms with Gasteiger partial charge in [-0.05, 0) is 46.1 Å². The van der Waals surface area contributed by atoms with Crippen LogP contribution >= 0.6 is 0 Å². The molecule has 0 radical (unpaired) electrons. The van der Waals surface area contributed by atoms with Gasteiger partial charge in [-0.3, -0.25) is 4.79 Å². The largest absolute Gasteiger partial charge is 0.377 e. The van der Waals surface area contributed by atoms with Crippen molar-refractivity contribution in [3.63, 3.8) is 0 Å². The zero-order chi connectivity index (χ0) is 13.2. The number of nitrogens with one attached hydrogen (secondary N) is 1. The van der Waals surface area contributed by atoms with E-state index in [0.717, 1.165) is 45.3 Å². The number of carbonyl (C=O) groups excluding carboxylic acids is 1. The first-order chi connectivity index (χ1) is 8.56. The van der Waals surface area contributed by atoms with Crippen LogP contribution in [0.15, 0.2) is 0 Å². The van der Waals surface area contributed by atoms with Crippen LogP contribution in [0.5, 0.6) is 0 Å². The van der Waals surface area contributed by atoms with Crippen LogP contribution in [0, 0.1) is 5.92 Å². The third-order valence-corrected chi connectivity index (χ3v) is 4.54. The first kappa shape index (κ1) is 13.8. The van der Waals surface area contributed by atoms with Crippen molar-refractivity contribution < 1.29 is 9.53 Å². The maximum absolute atomic E-state index is 12.6. The van der Waals surface area contributed by atoms with Crippen LogP contribution in [0.1, 0.15) is 39.5 Å². The van der Waals surface area contributed by atoms with Gasteiger partial charge in [0.25, 0.3) is 0 Å². The fourth-order valence-electron chi connectivity index (χ4n) is 3.18. The molecule has 3 atom stereocenters. The van der Waals surface area contributed by atoms with Crippen molar-refractivity contribution >= 4 is 5.91 Å². The van der Waals surface area contributed by atoms with E-state index in [-0.39, 0.29) is 11.5 Å². The second kappa shape index (κ2) is 5.57. The maximum Gasteiger partial charge on any atom is 0.227 e. The standard InChI is InChI=1S/C14H26N2O2/c1-11-12(6-4-8-15-11)13(17)16-9-5-7-14(2,10-16)18-3/h11-12,15H,4-10H2,1-3H3. The Morgan fingerprint density at radius 1 is 1.44 bits per heavy atom. The van der Waals surface area contributed by atoms with Gasteiger partial charge in [0.15, 0.2) is 0 Å². The van der Waals surface area contributed by atoms with Gasteiger partial charge in [0, 0.05) is 26.2 Å². The van der Waals surface area contributed by atoms with Crippen LogP contribution in [0.3, 0.4) is 0 Å². The van der Waals surface area contributed by atoms with Crippen LogP contribution in [0.4, 0.5) is 0 Å². The molecule has 0 aromatic heterocycles. The van der Waals surface area contributed by atoms with E-state index in [0.29, 0.717) is 11.9 Å². The molecule has 2 aliphatic rings. The molecular formula is C14H26N2O2. The number of carbonyl (C=O) groups is 1. The van der Waals surface area contributed by atoms with Gasteiger partial charge in [-0.2, -0.15) is 0 Å². The van der Waals surface area contributed by atoms with Crippen LogP contribution in [-0.4, -0.2) is 49.2 Å². The van der Waals surface area contributed by atoms with Crippen molar-refractivity contribution in [2.45, 2.75) is 51.2 Å². The molecule has 2 fully saturated rings. The van der Waals surface area contributed by atoms with Gasteiger partial charge in [-0.15, -0.1) is 0 Å². The summed E-state index contributed by atoms with van der Waals surface area (Å²) in [6, 6.07) is 0.307.